The fraction of sp³-hybridized carbons (Fsp3) is 0.222. The van der Waals surface area contributed by atoms with Gasteiger partial charge in [-0.15, -0.1) is 0 Å². The lowest BCUT2D eigenvalue weighted by molar-refractivity contribution is -0.136. The third-order valence-corrected chi connectivity index (χ3v) is 3.54. The van der Waals surface area contributed by atoms with Gasteiger partial charge in [0.25, 0.3) is 0 Å². The van der Waals surface area contributed by atoms with E-state index in [0.29, 0.717) is 5.56 Å². The Morgan fingerprint density at radius 3 is 2.54 bits per heavy atom. The first-order chi connectivity index (χ1) is 11.5. The van der Waals surface area contributed by atoms with Gasteiger partial charge in [-0.2, -0.15) is 0 Å². The summed E-state index contributed by atoms with van der Waals surface area (Å²) in [4.78, 5) is 23.6. The number of nitrogens with one attached hydrogen (secondary N) is 2. The average molecular weight is 330 g/mol. The van der Waals surface area contributed by atoms with E-state index in [1.54, 1.807) is 19.1 Å². The topological polar surface area (TPSA) is 78.4 Å². The van der Waals surface area contributed by atoms with Gasteiger partial charge in [0.05, 0.1) is 6.10 Å². The molecule has 0 saturated carbocycles. The molecule has 5 nitrogen and oxygen atoms in total. The standard InChI is InChI=1S/C18H19FN2O3/c1-12-7-8-14(19)11-15(12)21-18(24)17(23)20-10-9-16(22)13-5-3-2-4-6-13/h2-8,11,16,22H,9-10H2,1H3,(H,20,23)(H,21,24). The van der Waals surface area contributed by atoms with Crippen molar-refractivity contribution in [2.24, 2.45) is 0 Å². The number of carbonyl (C=O) groups is 2. The zero-order valence-corrected chi connectivity index (χ0v) is 13.3. The number of aryl methyl sites for hydroxylation is 1. The van der Waals surface area contributed by atoms with Crippen molar-refractivity contribution in [1.29, 1.82) is 0 Å². The molecule has 0 fully saturated rings. The number of carbonyl (C=O) groups excluding carboxylic acids is 2. The van der Waals surface area contributed by atoms with Crippen molar-refractivity contribution >= 4 is 17.5 Å². The van der Waals surface area contributed by atoms with E-state index in [0.717, 1.165) is 11.6 Å². The van der Waals surface area contributed by atoms with Gasteiger partial charge in [-0.05, 0) is 36.6 Å². The normalized spacial score (nSPS) is 11.6. The number of amides is 2. The van der Waals surface area contributed by atoms with E-state index < -0.39 is 23.7 Å². The van der Waals surface area contributed by atoms with Crippen molar-refractivity contribution < 1.29 is 19.1 Å². The summed E-state index contributed by atoms with van der Waals surface area (Å²) in [6.45, 7) is 1.84. The Labute approximate surface area is 139 Å². The summed E-state index contributed by atoms with van der Waals surface area (Å²) in [6, 6.07) is 13.0. The van der Waals surface area contributed by atoms with Crippen LogP contribution in [-0.2, 0) is 9.59 Å². The second kappa shape index (κ2) is 8.21. The smallest absolute Gasteiger partial charge is 0.313 e. The number of rotatable bonds is 5. The van der Waals surface area contributed by atoms with Gasteiger partial charge in [0.15, 0.2) is 0 Å². The Morgan fingerprint density at radius 2 is 1.83 bits per heavy atom. The maximum atomic E-state index is 13.2. The molecule has 0 spiro atoms. The number of benzene rings is 2. The summed E-state index contributed by atoms with van der Waals surface area (Å²) in [7, 11) is 0. The second-order valence-electron chi connectivity index (χ2n) is 5.38. The molecule has 6 heteroatoms. The third-order valence-electron chi connectivity index (χ3n) is 3.54. The van der Waals surface area contributed by atoms with Gasteiger partial charge in [-0.3, -0.25) is 9.59 Å². The number of aliphatic hydroxyl groups is 1. The fourth-order valence-corrected chi connectivity index (χ4v) is 2.15. The molecule has 0 aliphatic rings. The maximum absolute atomic E-state index is 13.2. The molecule has 3 N–H and O–H groups in total. The minimum atomic E-state index is -0.877. The van der Waals surface area contributed by atoms with Crippen LogP contribution < -0.4 is 10.6 Å². The van der Waals surface area contributed by atoms with E-state index in [9.17, 15) is 19.1 Å². The van der Waals surface area contributed by atoms with Crippen LogP contribution in [0.2, 0.25) is 0 Å². The maximum Gasteiger partial charge on any atom is 0.313 e. The molecule has 0 aliphatic heterocycles. The zero-order chi connectivity index (χ0) is 17.5. The lowest BCUT2D eigenvalue weighted by atomic mass is 10.1. The highest BCUT2D eigenvalue weighted by molar-refractivity contribution is 6.39. The predicted octanol–water partition coefficient (Wildman–Crippen LogP) is 2.31. The minimum absolute atomic E-state index is 0.143. The number of anilines is 1. The van der Waals surface area contributed by atoms with Crippen molar-refractivity contribution in [3.8, 4) is 0 Å². The molecule has 0 bridgehead atoms. The molecular weight excluding hydrogens is 311 g/mol. The second-order valence-corrected chi connectivity index (χ2v) is 5.38. The molecule has 0 aliphatic carbocycles. The van der Waals surface area contributed by atoms with Crippen molar-refractivity contribution in [3.05, 3.63) is 65.5 Å². The molecule has 24 heavy (non-hydrogen) atoms. The highest BCUT2D eigenvalue weighted by Gasteiger charge is 2.15. The SMILES string of the molecule is Cc1ccc(F)cc1NC(=O)C(=O)NCCC(O)c1ccccc1. The first-order valence-electron chi connectivity index (χ1n) is 7.55. The van der Waals surface area contributed by atoms with E-state index in [1.165, 1.54) is 12.1 Å². The molecule has 1 atom stereocenters. The number of halogens is 1. The minimum Gasteiger partial charge on any atom is -0.388 e. The van der Waals surface area contributed by atoms with E-state index in [1.807, 2.05) is 18.2 Å². The average Bonchev–Trinajstić information content (AvgIpc) is 2.58. The van der Waals surface area contributed by atoms with Crippen molar-refractivity contribution in [2.45, 2.75) is 19.4 Å². The van der Waals surface area contributed by atoms with Gasteiger partial charge in [-0.1, -0.05) is 36.4 Å². The van der Waals surface area contributed by atoms with Crippen molar-refractivity contribution in [2.75, 3.05) is 11.9 Å². The largest absolute Gasteiger partial charge is 0.388 e. The summed E-state index contributed by atoms with van der Waals surface area (Å²) < 4.78 is 13.2. The highest BCUT2D eigenvalue weighted by Crippen LogP contribution is 2.16. The molecule has 126 valence electrons. The predicted molar refractivity (Wildman–Crippen MR) is 88.8 cm³/mol. The van der Waals surface area contributed by atoms with Crippen LogP contribution >= 0.6 is 0 Å². The van der Waals surface area contributed by atoms with E-state index in [4.69, 9.17) is 0 Å². The van der Waals surface area contributed by atoms with Gasteiger partial charge >= 0.3 is 11.8 Å². The van der Waals surface area contributed by atoms with Crippen LogP contribution in [0, 0.1) is 12.7 Å². The summed E-state index contributed by atoms with van der Waals surface area (Å²) in [5.41, 5.74) is 1.64. The first kappa shape index (κ1) is 17.6. The fourth-order valence-electron chi connectivity index (χ4n) is 2.15. The molecule has 2 amide bonds. The van der Waals surface area contributed by atoms with E-state index in [2.05, 4.69) is 10.6 Å². The Morgan fingerprint density at radius 1 is 1.12 bits per heavy atom. The van der Waals surface area contributed by atoms with Crippen LogP contribution in [0.3, 0.4) is 0 Å². The van der Waals surface area contributed by atoms with Crippen molar-refractivity contribution in [3.63, 3.8) is 0 Å². The van der Waals surface area contributed by atoms with Gasteiger partial charge in [0, 0.05) is 12.2 Å². The highest BCUT2D eigenvalue weighted by atomic mass is 19.1. The van der Waals surface area contributed by atoms with E-state index >= 15 is 0 Å². The van der Waals surface area contributed by atoms with Crippen LogP contribution in [0.4, 0.5) is 10.1 Å². The number of hydrogen-bond donors (Lipinski definition) is 3. The van der Waals surface area contributed by atoms with Gasteiger partial charge in [0.1, 0.15) is 5.82 Å². The van der Waals surface area contributed by atoms with Crippen LogP contribution in [0.15, 0.2) is 48.5 Å². The number of aliphatic hydroxyl groups excluding tert-OH is 1. The molecule has 2 aromatic rings. The quantitative estimate of drug-likeness (QED) is 0.736. The molecule has 0 aromatic heterocycles. The Hall–Kier alpha value is -2.73. The molecule has 1 unspecified atom stereocenters. The first-order valence-corrected chi connectivity index (χ1v) is 7.55. The lowest BCUT2D eigenvalue weighted by Gasteiger charge is -2.12. The van der Waals surface area contributed by atoms with E-state index in [-0.39, 0.29) is 18.7 Å². The monoisotopic (exact) mass is 330 g/mol. The van der Waals surface area contributed by atoms with Gasteiger partial charge in [0.2, 0.25) is 0 Å². The van der Waals surface area contributed by atoms with Gasteiger partial charge < -0.3 is 15.7 Å². The Kier molecular flexibility index (Phi) is 6.03. The zero-order valence-electron chi connectivity index (χ0n) is 13.3. The van der Waals surface area contributed by atoms with Crippen LogP contribution in [-0.4, -0.2) is 23.5 Å². The summed E-state index contributed by atoms with van der Waals surface area (Å²) in [5, 5.41) is 14.8. The summed E-state index contributed by atoms with van der Waals surface area (Å²) in [6.07, 6.45) is -0.442. The van der Waals surface area contributed by atoms with Crippen LogP contribution in [0.5, 0.6) is 0 Å². The third kappa shape index (κ3) is 4.89. The molecular formula is C18H19FN2O3. The number of hydrogen-bond acceptors (Lipinski definition) is 3. The van der Waals surface area contributed by atoms with Crippen LogP contribution in [0.25, 0.3) is 0 Å². The summed E-state index contributed by atoms with van der Waals surface area (Å²) >= 11 is 0. The van der Waals surface area contributed by atoms with Crippen LogP contribution in [0.1, 0.15) is 23.7 Å². The molecule has 2 aromatic carbocycles. The Balaban J connectivity index is 1.82. The molecule has 2 rings (SSSR count). The Bertz CT molecular complexity index is 719. The molecule has 0 saturated heterocycles. The summed E-state index contributed by atoms with van der Waals surface area (Å²) in [5.74, 6) is -2.21. The van der Waals surface area contributed by atoms with Crippen molar-refractivity contribution in [1.82, 2.24) is 5.32 Å². The molecule has 0 heterocycles. The lowest BCUT2D eigenvalue weighted by Crippen LogP contribution is -2.36. The molecule has 0 radical (unpaired) electrons. The van der Waals surface area contributed by atoms with Gasteiger partial charge in [-0.25, -0.2) is 4.39 Å².